The molecular weight excluding hydrogens is 286 g/mol. The zero-order valence-corrected chi connectivity index (χ0v) is 13.6. The van der Waals surface area contributed by atoms with Crippen LogP contribution in [-0.4, -0.2) is 11.7 Å². The lowest BCUT2D eigenvalue weighted by Gasteiger charge is -2.24. The van der Waals surface area contributed by atoms with Crippen molar-refractivity contribution in [2.24, 2.45) is 5.92 Å². The molecule has 1 aliphatic rings. The molecule has 0 bridgehead atoms. The molecule has 0 aliphatic carbocycles. The van der Waals surface area contributed by atoms with E-state index in [1.165, 1.54) is 0 Å². The van der Waals surface area contributed by atoms with E-state index >= 15 is 0 Å². The van der Waals surface area contributed by atoms with Crippen LogP contribution < -0.4 is 5.32 Å². The highest BCUT2D eigenvalue weighted by Gasteiger charge is 2.25. The van der Waals surface area contributed by atoms with Crippen LogP contribution in [0.15, 0.2) is 42.6 Å². The molecule has 0 saturated carbocycles. The maximum atomic E-state index is 12.2. The van der Waals surface area contributed by atoms with Crippen molar-refractivity contribution in [1.82, 2.24) is 5.32 Å². The van der Waals surface area contributed by atoms with Crippen molar-refractivity contribution in [3.8, 4) is 0 Å². The van der Waals surface area contributed by atoms with Crippen LogP contribution in [-0.2, 0) is 11.2 Å². The van der Waals surface area contributed by atoms with Crippen LogP contribution >= 0.6 is 0 Å². The zero-order chi connectivity index (χ0) is 16.6. The molecule has 1 atom stereocenters. The molecular formula is C20H21NO2. The van der Waals surface area contributed by atoms with Gasteiger partial charge in [0.05, 0.1) is 0 Å². The monoisotopic (exact) mass is 307 g/mol. The molecule has 1 heterocycles. The van der Waals surface area contributed by atoms with Crippen molar-refractivity contribution in [2.45, 2.75) is 33.1 Å². The number of carbonyl (C=O) groups excluding carboxylic acids is 2. The summed E-state index contributed by atoms with van der Waals surface area (Å²) < 4.78 is 0. The predicted molar refractivity (Wildman–Crippen MR) is 92.4 cm³/mol. The van der Waals surface area contributed by atoms with Gasteiger partial charge >= 0.3 is 0 Å². The molecule has 3 rings (SSSR count). The van der Waals surface area contributed by atoms with Crippen molar-refractivity contribution < 1.29 is 9.59 Å². The normalized spacial score (nSPS) is 18.1. The first-order valence-corrected chi connectivity index (χ1v) is 7.98. The van der Waals surface area contributed by atoms with Gasteiger partial charge < -0.3 is 5.32 Å². The summed E-state index contributed by atoms with van der Waals surface area (Å²) in [6.07, 6.45) is 2.28. The van der Waals surface area contributed by atoms with Gasteiger partial charge in [0.15, 0.2) is 5.78 Å². The Kier molecular flexibility index (Phi) is 4.03. The van der Waals surface area contributed by atoms with Gasteiger partial charge in [-0.1, -0.05) is 36.9 Å². The van der Waals surface area contributed by atoms with Crippen molar-refractivity contribution in [1.29, 1.82) is 0 Å². The van der Waals surface area contributed by atoms with Crippen molar-refractivity contribution >= 4 is 22.5 Å². The molecule has 1 saturated heterocycles. The van der Waals surface area contributed by atoms with Crippen molar-refractivity contribution in [2.75, 3.05) is 0 Å². The first kappa shape index (κ1) is 15.5. The second-order valence-corrected chi connectivity index (χ2v) is 6.36. The second kappa shape index (κ2) is 5.99. The summed E-state index contributed by atoms with van der Waals surface area (Å²) in [4.78, 5) is 24.2. The van der Waals surface area contributed by atoms with E-state index in [2.05, 4.69) is 24.0 Å². The topological polar surface area (TPSA) is 46.2 Å². The summed E-state index contributed by atoms with van der Waals surface area (Å²) >= 11 is 0. The summed E-state index contributed by atoms with van der Waals surface area (Å²) in [5.74, 6) is 0.0330. The number of hydrogen-bond acceptors (Lipinski definition) is 2. The third-order valence-electron chi connectivity index (χ3n) is 4.66. The highest BCUT2D eigenvalue weighted by molar-refractivity contribution is 6.09. The molecule has 118 valence electrons. The largest absolute Gasteiger partial charge is 0.330 e. The van der Waals surface area contributed by atoms with Crippen LogP contribution in [0.3, 0.4) is 0 Å². The molecule has 1 fully saturated rings. The molecule has 1 unspecified atom stereocenters. The third-order valence-corrected chi connectivity index (χ3v) is 4.66. The Bertz CT molecular complexity index is 820. The number of carbonyl (C=O) groups is 2. The molecule has 2 aromatic rings. The van der Waals surface area contributed by atoms with Gasteiger partial charge in [-0.3, -0.25) is 9.59 Å². The van der Waals surface area contributed by atoms with E-state index in [0.717, 1.165) is 46.0 Å². The van der Waals surface area contributed by atoms with Gasteiger partial charge in [0.25, 0.3) is 0 Å². The summed E-state index contributed by atoms with van der Waals surface area (Å²) in [7, 11) is 0. The van der Waals surface area contributed by atoms with E-state index in [0.29, 0.717) is 6.42 Å². The summed E-state index contributed by atoms with van der Waals surface area (Å²) in [5, 5.41) is 4.94. The van der Waals surface area contributed by atoms with Crippen LogP contribution in [0, 0.1) is 12.8 Å². The number of hydrogen-bond donors (Lipinski definition) is 1. The molecule has 0 radical (unpaired) electrons. The van der Waals surface area contributed by atoms with Gasteiger partial charge in [-0.05, 0) is 55.0 Å². The lowest BCUT2D eigenvalue weighted by Crippen LogP contribution is -2.35. The highest BCUT2D eigenvalue weighted by atomic mass is 16.2. The summed E-state index contributed by atoms with van der Waals surface area (Å²) in [6.45, 7) is 7.47. The van der Waals surface area contributed by atoms with Gasteiger partial charge in [0, 0.05) is 17.2 Å². The zero-order valence-electron chi connectivity index (χ0n) is 13.6. The molecule has 1 amide bonds. The number of ketones is 1. The summed E-state index contributed by atoms with van der Waals surface area (Å²) in [5.41, 5.74) is 3.75. The van der Waals surface area contributed by atoms with E-state index in [1.807, 2.05) is 25.1 Å². The SMILES string of the molecule is C=C1CCC(Cc2ccc(C)c3cccc(C(C)=O)c23)C(=O)N1. The molecule has 2 aromatic carbocycles. The van der Waals surface area contributed by atoms with Gasteiger partial charge in [-0.15, -0.1) is 0 Å². The number of fused-ring (bicyclic) bond motifs is 1. The minimum atomic E-state index is -0.0635. The Labute approximate surface area is 136 Å². The van der Waals surface area contributed by atoms with Crippen LogP contribution in [0.1, 0.15) is 41.3 Å². The Morgan fingerprint density at radius 2 is 2.09 bits per heavy atom. The fourth-order valence-corrected chi connectivity index (χ4v) is 3.37. The fourth-order valence-electron chi connectivity index (χ4n) is 3.37. The Morgan fingerprint density at radius 3 is 2.78 bits per heavy atom. The van der Waals surface area contributed by atoms with Crippen LogP contribution in [0.25, 0.3) is 10.8 Å². The van der Waals surface area contributed by atoms with E-state index in [9.17, 15) is 9.59 Å². The lowest BCUT2D eigenvalue weighted by atomic mass is 9.86. The van der Waals surface area contributed by atoms with E-state index in [1.54, 1.807) is 6.92 Å². The second-order valence-electron chi connectivity index (χ2n) is 6.36. The Morgan fingerprint density at radius 1 is 1.30 bits per heavy atom. The number of aryl methyl sites for hydroxylation is 1. The minimum Gasteiger partial charge on any atom is -0.330 e. The standard InChI is InChI=1S/C20H21NO2/c1-12-7-9-15(11-16-10-8-13(2)21-20(16)23)19-17(12)5-4-6-18(19)14(3)22/h4-7,9,16H,2,8,10-11H2,1,3H3,(H,21,23). The average molecular weight is 307 g/mol. The first-order valence-electron chi connectivity index (χ1n) is 7.98. The van der Waals surface area contributed by atoms with Crippen molar-refractivity contribution in [3.63, 3.8) is 0 Å². The highest BCUT2D eigenvalue weighted by Crippen LogP contribution is 2.30. The number of piperidine rings is 1. The van der Waals surface area contributed by atoms with Crippen LogP contribution in [0.4, 0.5) is 0 Å². The third kappa shape index (κ3) is 2.91. The van der Waals surface area contributed by atoms with Gasteiger partial charge in [0.1, 0.15) is 0 Å². The van der Waals surface area contributed by atoms with E-state index in [-0.39, 0.29) is 17.6 Å². The minimum absolute atomic E-state index is 0.0373. The average Bonchev–Trinajstić information content (AvgIpc) is 2.52. The molecule has 3 nitrogen and oxygen atoms in total. The number of Topliss-reactive ketones (excluding diaryl/α,β-unsaturated/α-hetero) is 1. The predicted octanol–water partition coefficient (Wildman–Crippen LogP) is 3.93. The maximum Gasteiger partial charge on any atom is 0.227 e. The fraction of sp³-hybridized carbons (Fsp3) is 0.300. The van der Waals surface area contributed by atoms with Gasteiger partial charge in [0.2, 0.25) is 5.91 Å². The quantitative estimate of drug-likeness (QED) is 0.873. The van der Waals surface area contributed by atoms with Crippen molar-refractivity contribution in [3.05, 3.63) is 59.3 Å². The molecule has 1 N–H and O–H groups in total. The molecule has 23 heavy (non-hydrogen) atoms. The number of allylic oxidation sites excluding steroid dienone is 1. The van der Waals surface area contributed by atoms with E-state index < -0.39 is 0 Å². The summed E-state index contributed by atoms with van der Waals surface area (Å²) in [6, 6.07) is 9.97. The van der Waals surface area contributed by atoms with Gasteiger partial charge in [-0.2, -0.15) is 0 Å². The smallest absolute Gasteiger partial charge is 0.227 e. The van der Waals surface area contributed by atoms with Crippen LogP contribution in [0.2, 0.25) is 0 Å². The molecule has 3 heteroatoms. The number of nitrogens with one attached hydrogen (secondary N) is 1. The van der Waals surface area contributed by atoms with E-state index in [4.69, 9.17) is 0 Å². The number of benzene rings is 2. The first-order chi connectivity index (χ1) is 11.0. The number of amides is 1. The Hall–Kier alpha value is -2.42. The van der Waals surface area contributed by atoms with Gasteiger partial charge in [-0.25, -0.2) is 0 Å². The molecule has 1 aliphatic heterocycles. The van der Waals surface area contributed by atoms with Crippen LogP contribution in [0.5, 0.6) is 0 Å². The number of rotatable bonds is 3. The lowest BCUT2D eigenvalue weighted by molar-refractivity contribution is -0.125. The Balaban J connectivity index is 2.07. The molecule has 0 aromatic heterocycles. The molecule has 0 spiro atoms. The maximum absolute atomic E-state index is 12.2.